The Hall–Kier alpha value is -1.88. The van der Waals surface area contributed by atoms with Crippen molar-refractivity contribution < 1.29 is 10.2 Å². The van der Waals surface area contributed by atoms with E-state index in [9.17, 15) is 4.79 Å². The predicted octanol–water partition coefficient (Wildman–Crippen LogP) is 0.298. The van der Waals surface area contributed by atoms with Crippen LogP contribution in [0.1, 0.15) is 0 Å². The first-order valence-corrected chi connectivity index (χ1v) is 3.61. The summed E-state index contributed by atoms with van der Waals surface area (Å²) in [6.45, 7) is 0. The van der Waals surface area contributed by atoms with Crippen molar-refractivity contribution in [1.29, 1.82) is 0 Å². The number of para-hydroxylation sites is 1. The fourth-order valence-corrected chi connectivity index (χ4v) is 1.14. The Kier molecular flexibility index (Phi) is 1.71. The van der Waals surface area contributed by atoms with E-state index >= 15 is 0 Å². The van der Waals surface area contributed by atoms with Crippen LogP contribution in [-0.2, 0) is 0 Å². The highest BCUT2D eigenvalue weighted by Crippen LogP contribution is 2.07. The molecule has 2 aromatic rings. The van der Waals surface area contributed by atoms with Crippen molar-refractivity contribution in [3.8, 4) is 0 Å². The number of benzene rings is 1. The van der Waals surface area contributed by atoms with E-state index in [4.69, 9.17) is 5.26 Å². The normalized spacial score (nSPS) is 10.2. The molecule has 0 radical (unpaired) electrons. The molecule has 5 heteroatoms. The second kappa shape index (κ2) is 2.87. The number of rotatable bonds is 1. The summed E-state index contributed by atoms with van der Waals surface area (Å²) in [7, 11) is 0. The van der Waals surface area contributed by atoms with Gasteiger partial charge in [0.25, 0.3) is 0 Å². The molecule has 13 heavy (non-hydrogen) atoms. The monoisotopic (exact) mass is 178 g/mol. The van der Waals surface area contributed by atoms with E-state index in [1.54, 1.807) is 24.3 Å². The maximum atomic E-state index is 11.0. The standard InChI is InChI=1S/C8H6N2O3/c11-8-9-5-6-3-1-2-4-7(6)10(8)13-12/h1-5,12H. The second-order valence-corrected chi connectivity index (χ2v) is 2.48. The van der Waals surface area contributed by atoms with Gasteiger partial charge in [-0.1, -0.05) is 22.9 Å². The molecule has 0 saturated carbocycles. The topological polar surface area (TPSA) is 64.4 Å². The van der Waals surface area contributed by atoms with Gasteiger partial charge in [0.15, 0.2) is 0 Å². The zero-order valence-corrected chi connectivity index (χ0v) is 6.54. The smallest absolute Gasteiger partial charge is 0.242 e. The second-order valence-electron chi connectivity index (χ2n) is 2.48. The van der Waals surface area contributed by atoms with E-state index in [-0.39, 0.29) is 0 Å². The maximum absolute atomic E-state index is 11.0. The van der Waals surface area contributed by atoms with Crippen molar-refractivity contribution in [3.05, 3.63) is 40.9 Å². The third-order valence-electron chi connectivity index (χ3n) is 1.73. The lowest BCUT2D eigenvalue weighted by atomic mass is 10.2. The highest BCUT2D eigenvalue weighted by atomic mass is 17.2. The number of hydrogen-bond donors (Lipinski definition) is 1. The van der Waals surface area contributed by atoms with Crippen LogP contribution < -0.4 is 10.7 Å². The Morgan fingerprint density at radius 3 is 2.92 bits per heavy atom. The third-order valence-corrected chi connectivity index (χ3v) is 1.73. The number of nitrogens with zero attached hydrogens (tertiary/aromatic N) is 2. The summed E-state index contributed by atoms with van der Waals surface area (Å²) in [5.41, 5.74) is -0.175. The summed E-state index contributed by atoms with van der Waals surface area (Å²) in [5, 5.41) is 9.16. The Balaban J connectivity index is 2.92. The van der Waals surface area contributed by atoms with Gasteiger partial charge in [-0.15, -0.1) is 0 Å². The fourth-order valence-electron chi connectivity index (χ4n) is 1.14. The van der Waals surface area contributed by atoms with Gasteiger partial charge >= 0.3 is 5.69 Å². The molecule has 5 nitrogen and oxygen atoms in total. The molecule has 0 aliphatic carbocycles. The van der Waals surface area contributed by atoms with Crippen molar-refractivity contribution in [1.82, 2.24) is 9.71 Å². The summed E-state index contributed by atoms with van der Waals surface area (Å²) in [6, 6.07) is 6.94. The molecule has 0 atom stereocenters. The van der Waals surface area contributed by atoms with Gasteiger partial charge in [0.1, 0.15) is 0 Å². The molecule has 0 amide bonds. The summed E-state index contributed by atoms with van der Waals surface area (Å²) in [6.07, 6.45) is 1.42. The molecule has 1 N–H and O–H groups in total. The molecule has 0 spiro atoms. The predicted molar refractivity (Wildman–Crippen MR) is 45.2 cm³/mol. The molecule has 1 heterocycles. The largest absolute Gasteiger partial charge is 0.384 e. The Labute approximate surface area is 72.7 Å². The maximum Gasteiger partial charge on any atom is 0.384 e. The van der Waals surface area contributed by atoms with Gasteiger partial charge in [0.05, 0.1) is 5.52 Å². The van der Waals surface area contributed by atoms with E-state index < -0.39 is 5.69 Å². The Morgan fingerprint density at radius 2 is 2.15 bits per heavy atom. The molecule has 0 aliphatic rings. The lowest BCUT2D eigenvalue weighted by molar-refractivity contribution is -0.242. The highest BCUT2D eigenvalue weighted by molar-refractivity contribution is 5.77. The number of hydrogen-bond acceptors (Lipinski definition) is 4. The minimum absolute atomic E-state index is 0.477. The molecule has 0 bridgehead atoms. The minimum atomic E-state index is -0.652. The molecule has 1 aromatic carbocycles. The first-order valence-electron chi connectivity index (χ1n) is 3.61. The SMILES string of the molecule is O=c1ncc2ccccc2n1OO. The molecule has 0 unspecified atom stereocenters. The van der Waals surface area contributed by atoms with Gasteiger partial charge in [-0.2, -0.15) is 10.2 Å². The van der Waals surface area contributed by atoms with Crippen molar-refractivity contribution in [3.63, 3.8) is 0 Å². The molecule has 2 rings (SSSR count). The van der Waals surface area contributed by atoms with Crippen molar-refractivity contribution in [2.45, 2.75) is 0 Å². The quantitative estimate of drug-likeness (QED) is 0.503. The van der Waals surface area contributed by atoms with E-state index in [1.807, 2.05) is 0 Å². The van der Waals surface area contributed by atoms with Gasteiger partial charge < -0.3 is 0 Å². The minimum Gasteiger partial charge on any atom is -0.242 e. The van der Waals surface area contributed by atoms with Gasteiger partial charge in [0, 0.05) is 11.6 Å². The van der Waals surface area contributed by atoms with Crippen LogP contribution >= 0.6 is 0 Å². The Bertz CT molecular complexity index is 492. The zero-order valence-electron chi connectivity index (χ0n) is 6.54. The van der Waals surface area contributed by atoms with Crippen molar-refractivity contribution >= 4 is 10.9 Å². The number of aromatic nitrogens is 2. The highest BCUT2D eigenvalue weighted by Gasteiger charge is 2.02. The summed E-state index contributed by atoms with van der Waals surface area (Å²) in [5.74, 6) is 0. The van der Waals surface area contributed by atoms with Crippen LogP contribution in [0, 0.1) is 0 Å². The molecular weight excluding hydrogens is 172 g/mol. The number of fused-ring (bicyclic) bond motifs is 1. The first-order chi connectivity index (χ1) is 6.33. The van der Waals surface area contributed by atoms with Crippen LogP contribution in [0.2, 0.25) is 0 Å². The molecule has 1 aromatic heterocycles. The van der Waals surface area contributed by atoms with Crippen LogP contribution in [-0.4, -0.2) is 15.0 Å². The first kappa shape index (κ1) is 7.75. The fraction of sp³-hybridized carbons (Fsp3) is 0. The zero-order chi connectivity index (χ0) is 9.26. The van der Waals surface area contributed by atoms with Gasteiger partial charge in [-0.3, -0.25) is 0 Å². The van der Waals surface area contributed by atoms with Gasteiger partial charge in [-0.25, -0.2) is 9.78 Å². The van der Waals surface area contributed by atoms with E-state index in [0.29, 0.717) is 5.52 Å². The van der Waals surface area contributed by atoms with Crippen LogP contribution in [0.15, 0.2) is 35.3 Å². The summed E-state index contributed by atoms with van der Waals surface area (Å²) < 4.78 is 0.718. The lowest BCUT2D eigenvalue weighted by Crippen LogP contribution is -2.27. The van der Waals surface area contributed by atoms with Gasteiger partial charge in [0.2, 0.25) is 0 Å². The van der Waals surface area contributed by atoms with Crippen molar-refractivity contribution in [2.75, 3.05) is 0 Å². The van der Waals surface area contributed by atoms with Crippen LogP contribution in [0.5, 0.6) is 0 Å². The lowest BCUT2D eigenvalue weighted by Gasteiger charge is -2.02. The average molecular weight is 178 g/mol. The van der Waals surface area contributed by atoms with Gasteiger partial charge in [-0.05, 0) is 6.07 Å². The van der Waals surface area contributed by atoms with Crippen molar-refractivity contribution in [2.24, 2.45) is 0 Å². The molecular formula is C8H6N2O3. The summed E-state index contributed by atoms with van der Waals surface area (Å²) in [4.78, 5) is 18.4. The van der Waals surface area contributed by atoms with Crippen LogP contribution in [0.4, 0.5) is 0 Å². The summed E-state index contributed by atoms with van der Waals surface area (Å²) >= 11 is 0. The molecule has 0 saturated heterocycles. The van der Waals surface area contributed by atoms with Crippen LogP contribution in [0.25, 0.3) is 10.9 Å². The van der Waals surface area contributed by atoms with E-state index in [2.05, 4.69) is 9.97 Å². The van der Waals surface area contributed by atoms with Crippen LogP contribution in [0.3, 0.4) is 0 Å². The van der Waals surface area contributed by atoms with E-state index in [0.717, 1.165) is 10.1 Å². The average Bonchev–Trinajstić information content (AvgIpc) is 2.18. The Morgan fingerprint density at radius 1 is 1.38 bits per heavy atom. The third kappa shape index (κ3) is 1.15. The van der Waals surface area contributed by atoms with E-state index in [1.165, 1.54) is 6.20 Å². The molecule has 0 aliphatic heterocycles. The molecule has 0 fully saturated rings. The molecule has 66 valence electrons.